The Morgan fingerprint density at radius 3 is 2.31 bits per heavy atom. The highest BCUT2D eigenvalue weighted by molar-refractivity contribution is 6.35. The van der Waals surface area contributed by atoms with Crippen LogP contribution in [0.3, 0.4) is 0 Å². The van der Waals surface area contributed by atoms with Crippen molar-refractivity contribution in [1.29, 1.82) is 0 Å². The molecule has 6 nitrogen and oxygen atoms in total. The molecule has 0 bridgehead atoms. The molecule has 0 unspecified atom stereocenters. The van der Waals surface area contributed by atoms with E-state index in [1.165, 1.54) is 23.9 Å². The Morgan fingerprint density at radius 1 is 0.971 bits per heavy atom. The summed E-state index contributed by atoms with van der Waals surface area (Å²) < 4.78 is 20.6. The number of carbonyl (C=O) groups is 2. The lowest BCUT2D eigenvalue weighted by Gasteiger charge is -2.11. The Bertz CT molecular complexity index is 1450. The summed E-state index contributed by atoms with van der Waals surface area (Å²) in [6, 6.07) is 15.4. The summed E-state index contributed by atoms with van der Waals surface area (Å²) in [7, 11) is 1.21. The van der Waals surface area contributed by atoms with Gasteiger partial charge >= 0.3 is 5.97 Å². The van der Waals surface area contributed by atoms with Crippen molar-refractivity contribution >= 4 is 52.4 Å². The molecule has 178 valence electrons. The van der Waals surface area contributed by atoms with Gasteiger partial charge < -0.3 is 10.1 Å². The van der Waals surface area contributed by atoms with E-state index in [0.29, 0.717) is 32.0 Å². The lowest BCUT2D eigenvalue weighted by atomic mass is 10.1. The smallest absolute Gasteiger partial charge is 0.337 e. The molecule has 0 radical (unpaired) electrons. The summed E-state index contributed by atoms with van der Waals surface area (Å²) in [5, 5.41) is 8.29. The second-order valence-electron chi connectivity index (χ2n) is 7.48. The van der Waals surface area contributed by atoms with Crippen LogP contribution in [0, 0.1) is 12.7 Å². The number of ether oxygens (including phenoxy) is 1. The van der Waals surface area contributed by atoms with E-state index in [4.69, 9.17) is 34.8 Å². The number of rotatable bonds is 5. The molecule has 0 saturated heterocycles. The largest absolute Gasteiger partial charge is 0.465 e. The van der Waals surface area contributed by atoms with Gasteiger partial charge in [-0.1, -0.05) is 46.9 Å². The Morgan fingerprint density at radius 2 is 1.66 bits per heavy atom. The summed E-state index contributed by atoms with van der Waals surface area (Å²) in [5.41, 5.74) is 2.24. The first kappa shape index (κ1) is 24.7. The molecule has 1 amide bonds. The first-order valence-electron chi connectivity index (χ1n) is 10.2. The monoisotopic (exact) mass is 531 g/mol. The molecule has 0 aliphatic rings. The average molecular weight is 533 g/mol. The van der Waals surface area contributed by atoms with E-state index in [0.717, 1.165) is 11.6 Å². The van der Waals surface area contributed by atoms with Crippen LogP contribution in [-0.2, 0) is 4.74 Å². The zero-order valence-electron chi connectivity index (χ0n) is 18.4. The number of aromatic nitrogens is 2. The predicted molar refractivity (Wildman–Crippen MR) is 134 cm³/mol. The fraction of sp³-hybridized carbons (Fsp3) is 0.0800. The van der Waals surface area contributed by atoms with Crippen LogP contribution in [0.4, 0.5) is 10.1 Å². The quantitative estimate of drug-likeness (QED) is 0.281. The van der Waals surface area contributed by atoms with Crippen molar-refractivity contribution in [2.45, 2.75) is 6.92 Å². The van der Waals surface area contributed by atoms with Crippen LogP contribution in [0.2, 0.25) is 15.1 Å². The van der Waals surface area contributed by atoms with Gasteiger partial charge in [0.2, 0.25) is 0 Å². The average Bonchev–Trinajstić information content (AvgIpc) is 3.17. The summed E-state index contributed by atoms with van der Waals surface area (Å²) in [4.78, 5) is 25.0. The molecule has 35 heavy (non-hydrogen) atoms. The van der Waals surface area contributed by atoms with E-state index in [1.54, 1.807) is 49.4 Å². The van der Waals surface area contributed by atoms with E-state index in [-0.39, 0.29) is 16.9 Å². The number of nitrogens with one attached hydrogen (secondary N) is 1. The number of carbonyl (C=O) groups excluding carboxylic acids is 2. The minimum atomic E-state index is -0.721. The van der Waals surface area contributed by atoms with Crippen LogP contribution in [-0.4, -0.2) is 28.8 Å². The fourth-order valence-corrected chi connectivity index (χ4v) is 4.15. The van der Waals surface area contributed by atoms with Crippen molar-refractivity contribution in [2.24, 2.45) is 0 Å². The molecule has 0 atom stereocenters. The zero-order chi connectivity index (χ0) is 25.3. The summed E-state index contributed by atoms with van der Waals surface area (Å²) in [5.74, 6) is -2.06. The second kappa shape index (κ2) is 10.1. The van der Waals surface area contributed by atoms with Gasteiger partial charge in [0, 0.05) is 21.2 Å². The molecule has 1 aromatic heterocycles. The maximum Gasteiger partial charge on any atom is 0.337 e. The third-order valence-corrected chi connectivity index (χ3v) is 6.02. The van der Waals surface area contributed by atoms with E-state index < -0.39 is 17.7 Å². The van der Waals surface area contributed by atoms with Crippen LogP contribution in [0.25, 0.3) is 16.9 Å². The first-order chi connectivity index (χ1) is 16.7. The zero-order valence-corrected chi connectivity index (χ0v) is 20.7. The van der Waals surface area contributed by atoms with Gasteiger partial charge in [-0.05, 0) is 55.5 Å². The number of benzene rings is 3. The predicted octanol–water partition coefficient (Wildman–Crippen LogP) is 6.99. The molecule has 4 aromatic rings. The number of methoxy groups -OCH3 is 1. The van der Waals surface area contributed by atoms with E-state index >= 15 is 0 Å². The number of anilines is 1. The third-order valence-electron chi connectivity index (χ3n) is 5.23. The molecule has 0 saturated carbocycles. The summed E-state index contributed by atoms with van der Waals surface area (Å²) >= 11 is 18.5. The maximum absolute atomic E-state index is 14.4. The molecule has 0 fully saturated rings. The first-order valence-corrected chi connectivity index (χ1v) is 11.3. The summed E-state index contributed by atoms with van der Waals surface area (Å²) in [6.45, 7) is 1.72. The Labute approximate surface area is 215 Å². The number of hydrogen-bond acceptors (Lipinski definition) is 4. The van der Waals surface area contributed by atoms with Crippen molar-refractivity contribution in [3.8, 4) is 16.9 Å². The highest BCUT2D eigenvalue weighted by Gasteiger charge is 2.24. The standard InChI is InChI=1S/C25H17Cl3FN3O3/c1-13-22(24(33)30-20-11-15(25(34)35-2)5-9-19(20)29)31-32(21-10-8-17(27)12-18(21)28)23(13)14-3-6-16(26)7-4-14/h3-12H,1-2H3,(H,30,33). The molecular formula is C25H17Cl3FN3O3. The lowest BCUT2D eigenvalue weighted by Crippen LogP contribution is -2.16. The van der Waals surface area contributed by atoms with Crippen LogP contribution < -0.4 is 5.32 Å². The topological polar surface area (TPSA) is 73.2 Å². The highest BCUT2D eigenvalue weighted by Crippen LogP contribution is 2.33. The van der Waals surface area contributed by atoms with E-state index in [9.17, 15) is 14.0 Å². The summed E-state index contributed by atoms with van der Waals surface area (Å²) in [6.07, 6.45) is 0. The van der Waals surface area contributed by atoms with Crippen LogP contribution in [0.15, 0.2) is 60.7 Å². The van der Waals surface area contributed by atoms with Gasteiger partial charge in [0.25, 0.3) is 5.91 Å². The van der Waals surface area contributed by atoms with Crippen LogP contribution >= 0.6 is 34.8 Å². The van der Waals surface area contributed by atoms with Gasteiger partial charge in [0.05, 0.1) is 34.8 Å². The molecule has 10 heteroatoms. The van der Waals surface area contributed by atoms with Gasteiger partial charge in [-0.2, -0.15) is 5.10 Å². The molecule has 3 aromatic carbocycles. The molecule has 0 aliphatic heterocycles. The van der Waals surface area contributed by atoms with Gasteiger partial charge in [-0.3, -0.25) is 4.79 Å². The lowest BCUT2D eigenvalue weighted by molar-refractivity contribution is 0.0600. The van der Waals surface area contributed by atoms with Gasteiger partial charge in [-0.25, -0.2) is 13.9 Å². The van der Waals surface area contributed by atoms with Gasteiger partial charge in [-0.15, -0.1) is 0 Å². The SMILES string of the molecule is COC(=O)c1ccc(F)c(NC(=O)c2nn(-c3ccc(Cl)cc3Cl)c(-c3ccc(Cl)cc3)c2C)c1. The van der Waals surface area contributed by atoms with Crippen molar-refractivity contribution < 1.29 is 18.7 Å². The number of amides is 1. The fourth-order valence-electron chi connectivity index (χ4n) is 3.53. The maximum atomic E-state index is 14.4. The Hall–Kier alpha value is -3.39. The normalized spacial score (nSPS) is 10.8. The van der Waals surface area contributed by atoms with Crippen molar-refractivity contribution in [1.82, 2.24) is 9.78 Å². The number of esters is 1. The third kappa shape index (κ3) is 5.03. The Balaban J connectivity index is 1.82. The molecular weight excluding hydrogens is 516 g/mol. The van der Waals surface area contributed by atoms with Crippen LogP contribution in [0.5, 0.6) is 0 Å². The molecule has 0 spiro atoms. The highest BCUT2D eigenvalue weighted by atomic mass is 35.5. The minimum absolute atomic E-state index is 0.0313. The Kier molecular flexibility index (Phi) is 7.12. The molecule has 0 aliphatic carbocycles. The molecule has 1 heterocycles. The van der Waals surface area contributed by atoms with E-state index in [2.05, 4.69) is 15.2 Å². The number of hydrogen-bond donors (Lipinski definition) is 1. The van der Waals surface area contributed by atoms with Gasteiger partial charge in [0.15, 0.2) is 5.69 Å². The molecule has 4 rings (SSSR count). The van der Waals surface area contributed by atoms with Crippen LogP contribution in [0.1, 0.15) is 26.4 Å². The van der Waals surface area contributed by atoms with Gasteiger partial charge in [0.1, 0.15) is 5.82 Å². The van der Waals surface area contributed by atoms with Crippen molar-refractivity contribution in [3.05, 3.63) is 98.4 Å². The molecule has 1 N–H and O–H groups in total. The number of nitrogens with zero attached hydrogens (tertiary/aromatic N) is 2. The second-order valence-corrected chi connectivity index (χ2v) is 8.76. The van der Waals surface area contributed by atoms with Crippen molar-refractivity contribution in [2.75, 3.05) is 12.4 Å². The van der Waals surface area contributed by atoms with Crippen molar-refractivity contribution in [3.63, 3.8) is 0 Å². The number of halogens is 4. The minimum Gasteiger partial charge on any atom is -0.465 e. The van der Waals surface area contributed by atoms with E-state index in [1.807, 2.05) is 0 Å².